The molecule has 1 heterocycles. The highest BCUT2D eigenvalue weighted by Gasteiger charge is 2.15. The smallest absolute Gasteiger partial charge is 0.329 e. The van der Waals surface area contributed by atoms with Crippen molar-refractivity contribution in [1.29, 1.82) is 0 Å². The summed E-state index contributed by atoms with van der Waals surface area (Å²) in [5.74, 6) is -1.61. The summed E-state index contributed by atoms with van der Waals surface area (Å²) in [4.78, 5) is 23.1. The van der Waals surface area contributed by atoms with Crippen LogP contribution in [0.3, 0.4) is 0 Å². The Morgan fingerprint density at radius 3 is 2.62 bits per heavy atom. The van der Waals surface area contributed by atoms with Crippen LogP contribution >= 0.6 is 23.2 Å². The Kier molecular flexibility index (Phi) is 6.76. The van der Waals surface area contributed by atoms with Gasteiger partial charge in [-0.1, -0.05) is 41.4 Å². The SMILES string of the molecule is Cc1nn(Cc2ccccc2Cl)c(Cl)c1/C=N\NC(=O)C(=O)NC(C)C. The van der Waals surface area contributed by atoms with E-state index < -0.39 is 11.8 Å². The van der Waals surface area contributed by atoms with Crippen LogP contribution in [-0.2, 0) is 16.1 Å². The first-order chi connectivity index (χ1) is 12.3. The summed E-state index contributed by atoms with van der Waals surface area (Å²) in [7, 11) is 0. The molecule has 1 aromatic heterocycles. The molecule has 0 unspecified atom stereocenters. The molecule has 0 saturated carbocycles. The maximum absolute atomic E-state index is 11.6. The zero-order valence-corrected chi connectivity index (χ0v) is 16.1. The van der Waals surface area contributed by atoms with E-state index in [1.54, 1.807) is 31.5 Å². The number of halogens is 2. The van der Waals surface area contributed by atoms with Crippen molar-refractivity contribution in [1.82, 2.24) is 20.5 Å². The summed E-state index contributed by atoms with van der Waals surface area (Å²) in [6, 6.07) is 7.26. The summed E-state index contributed by atoms with van der Waals surface area (Å²) in [5.41, 5.74) is 4.21. The fraction of sp³-hybridized carbons (Fsp3) is 0.294. The van der Waals surface area contributed by atoms with Gasteiger partial charge in [-0.2, -0.15) is 10.2 Å². The maximum Gasteiger partial charge on any atom is 0.329 e. The monoisotopic (exact) mass is 395 g/mol. The van der Waals surface area contributed by atoms with Crippen molar-refractivity contribution in [3.63, 3.8) is 0 Å². The zero-order valence-electron chi connectivity index (χ0n) is 14.6. The summed E-state index contributed by atoms with van der Waals surface area (Å²) in [6.07, 6.45) is 1.36. The average Bonchev–Trinajstić information content (AvgIpc) is 2.83. The number of carbonyl (C=O) groups is 2. The Labute approximate surface area is 161 Å². The van der Waals surface area contributed by atoms with Crippen molar-refractivity contribution in [2.24, 2.45) is 5.10 Å². The number of hydrogen-bond donors (Lipinski definition) is 2. The van der Waals surface area contributed by atoms with Gasteiger partial charge in [0.2, 0.25) is 0 Å². The van der Waals surface area contributed by atoms with Gasteiger partial charge in [-0.25, -0.2) is 10.1 Å². The second-order valence-corrected chi connectivity index (χ2v) is 6.63. The number of amides is 2. The van der Waals surface area contributed by atoms with E-state index in [9.17, 15) is 9.59 Å². The van der Waals surface area contributed by atoms with Crippen molar-refractivity contribution in [3.8, 4) is 0 Å². The Bertz CT molecular complexity index is 846. The van der Waals surface area contributed by atoms with E-state index in [2.05, 4.69) is 20.9 Å². The normalized spacial score (nSPS) is 11.2. The standard InChI is InChI=1S/C17H19Cl2N5O2/c1-10(2)21-16(25)17(26)22-20-8-13-11(3)23-24(15(13)19)9-12-6-4-5-7-14(12)18/h4-8,10H,9H2,1-3H3,(H,21,25)(H,22,26)/b20-8-. The van der Waals surface area contributed by atoms with Gasteiger partial charge >= 0.3 is 11.8 Å². The van der Waals surface area contributed by atoms with Gasteiger partial charge in [0.15, 0.2) is 0 Å². The third-order valence-corrected chi connectivity index (χ3v) is 4.14. The number of aryl methyl sites for hydroxylation is 1. The van der Waals surface area contributed by atoms with Crippen LogP contribution in [0, 0.1) is 6.92 Å². The highest BCUT2D eigenvalue weighted by molar-refractivity contribution is 6.35. The summed E-state index contributed by atoms with van der Waals surface area (Å²) in [6.45, 7) is 5.68. The second-order valence-electron chi connectivity index (χ2n) is 5.87. The summed E-state index contributed by atoms with van der Waals surface area (Å²) >= 11 is 12.5. The number of hydrogen-bond acceptors (Lipinski definition) is 4. The molecular formula is C17H19Cl2N5O2. The largest absolute Gasteiger partial charge is 0.346 e. The van der Waals surface area contributed by atoms with Gasteiger partial charge < -0.3 is 5.32 Å². The highest BCUT2D eigenvalue weighted by atomic mass is 35.5. The fourth-order valence-electron chi connectivity index (χ4n) is 2.14. The lowest BCUT2D eigenvalue weighted by Gasteiger charge is -2.06. The number of benzene rings is 1. The molecule has 0 saturated heterocycles. The Morgan fingerprint density at radius 1 is 1.27 bits per heavy atom. The molecule has 2 amide bonds. The number of nitrogens with zero attached hydrogens (tertiary/aromatic N) is 3. The van der Waals surface area contributed by atoms with Gasteiger partial charge in [0.05, 0.1) is 24.0 Å². The summed E-state index contributed by atoms with van der Waals surface area (Å²) < 4.78 is 1.59. The number of carbonyl (C=O) groups excluding carboxylic acids is 2. The average molecular weight is 396 g/mol. The molecule has 26 heavy (non-hydrogen) atoms. The van der Waals surface area contributed by atoms with E-state index in [1.165, 1.54) is 6.21 Å². The van der Waals surface area contributed by atoms with Gasteiger partial charge in [0.25, 0.3) is 0 Å². The molecule has 0 fully saturated rings. The van der Waals surface area contributed by atoms with Crippen LogP contribution in [-0.4, -0.2) is 33.9 Å². The molecule has 0 spiro atoms. The lowest BCUT2D eigenvalue weighted by atomic mass is 10.2. The van der Waals surface area contributed by atoms with Crippen LogP contribution in [0.4, 0.5) is 0 Å². The molecule has 9 heteroatoms. The molecule has 1 aromatic carbocycles. The number of aromatic nitrogens is 2. The minimum atomic E-state index is -0.854. The van der Waals surface area contributed by atoms with Crippen LogP contribution in [0.5, 0.6) is 0 Å². The first-order valence-electron chi connectivity index (χ1n) is 7.89. The van der Waals surface area contributed by atoms with Crippen LogP contribution in [0.2, 0.25) is 10.2 Å². The predicted octanol–water partition coefficient (Wildman–Crippen LogP) is 2.52. The van der Waals surface area contributed by atoms with Crippen molar-refractivity contribution >= 4 is 41.2 Å². The molecular weight excluding hydrogens is 377 g/mol. The molecule has 2 N–H and O–H groups in total. The molecule has 7 nitrogen and oxygen atoms in total. The lowest BCUT2D eigenvalue weighted by molar-refractivity contribution is -0.139. The predicted molar refractivity (Wildman–Crippen MR) is 102 cm³/mol. The number of hydrazone groups is 1. The lowest BCUT2D eigenvalue weighted by Crippen LogP contribution is -2.41. The first-order valence-corrected chi connectivity index (χ1v) is 8.65. The van der Waals surface area contributed by atoms with Crippen LogP contribution in [0.25, 0.3) is 0 Å². The molecule has 0 aliphatic heterocycles. The molecule has 138 valence electrons. The van der Waals surface area contributed by atoms with Crippen molar-refractivity contribution < 1.29 is 9.59 Å². The van der Waals surface area contributed by atoms with E-state index >= 15 is 0 Å². The van der Waals surface area contributed by atoms with Gasteiger partial charge in [-0.05, 0) is 32.4 Å². The Hall–Kier alpha value is -2.38. The van der Waals surface area contributed by atoms with Gasteiger partial charge in [0, 0.05) is 11.1 Å². The molecule has 0 bridgehead atoms. The Balaban J connectivity index is 2.09. The van der Waals surface area contributed by atoms with E-state index in [-0.39, 0.29) is 6.04 Å². The van der Waals surface area contributed by atoms with Crippen molar-refractivity contribution in [2.75, 3.05) is 0 Å². The third kappa shape index (κ3) is 5.06. The quantitative estimate of drug-likeness (QED) is 0.463. The van der Waals surface area contributed by atoms with Crippen LogP contribution < -0.4 is 10.7 Å². The van der Waals surface area contributed by atoms with E-state index in [4.69, 9.17) is 23.2 Å². The maximum atomic E-state index is 11.6. The second kappa shape index (κ2) is 8.82. The molecule has 0 radical (unpaired) electrons. The third-order valence-electron chi connectivity index (χ3n) is 3.37. The van der Waals surface area contributed by atoms with Crippen molar-refractivity contribution in [3.05, 3.63) is 51.3 Å². The van der Waals surface area contributed by atoms with Gasteiger partial charge in [-0.3, -0.25) is 9.59 Å². The van der Waals surface area contributed by atoms with Crippen molar-refractivity contribution in [2.45, 2.75) is 33.4 Å². The fourth-order valence-corrected chi connectivity index (χ4v) is 2.62. The summed E-state index contributed by atoms with van der Waals surface area (Å²) in [5, 5.41) is 11.6. The minimum Gasteiger partial charge on any atom is -0.346 e. The molecule has 2 rings (SSSR count). The Morgan fingerprint density at radius 2 is 1.96 bits per heavy atom. The molecule has 0 atom stereocenters. The van der Waals surface area contributed by atoms with Gasteiger partial charge in [0.1, 0.15) is 5.15 Å². The highest BCUT2D eigenvalue weighted by Crippen LogP contribution is 2.22. The number of rotatable bonds is 5. The zero-order chi connectivity index (χ0) is 19.3. The van der Waals surface area contributed by atoms with E-state index in [1.807, 2.05) is 18.2 Å². The molecule has 0 aliphatic rings. The topological polar surface area (TPSA) is 88.4 Å². The van der Waals surface area contributed by atoms with E-state index in [0.717, 1.165) is 5.56 Å². The van der Waals surface area contributed by atoms with Crippen LogP contribution in [0.1, 0.15) is 30.7 Å². The molecule has 0 aliphatic carbocycles. The van der Waals surface area contributed by atoms with Gasteiger partial charge in [-0.15, -0.1) is 0 Å². The minimum absolute atomic E-state index is 0.142. The first kappa shape index (κ1) is 19.9. The van der Waals surface area contributed by atoms with Crippen LogP contribution in [0.15, 0.2) is 29.4 Å². The number of nitrogens with one attached hydrogen (secondary N) is 2. The van der Waals surface area contributed by atoms with E-state index in [0.29, 0.717) is 28.0 Å². The molecule has 2 aromatic rings.